The first-order valence-corrected chi connectivity index (χ1v) is 5.49. The van der Waals surface area contributed by atoms with Crippen molar-refractivity contribution in [1.82, 2.24) is 15.1 Å². The van der Waals surface area contributed by atoms with Gasteiger partial charge in [-0.25, -0.2) is 0 Å². The van der Waals surface area contributed by atoms with Crippen LogP contribution in [0.15, 0.2) is 18.5 Å². The SMILES string of the molecule is CCC(C)(CO)NC(=O)CCn1cccn1. The fraction of sp³-hybridized carbons (Fsp3) is 0.636. The lowest BCUT2D eigenvalue weighted by Gasteiger charge is -2.27. The lowest BCUT2D eigenvalue weighted by molar-refractivity contribution is -0.123. The maximum absolute atomic E-state index is 11.6. The van der Waals surface area contributed by atoms with Crippen LogP contribution in [0.2, 0.25) is 0 Å². The number of hydrogen-bond acceptors (Lipinski definition) is 3. The zero-order chi connectivity index (χ0) is 12.0. The molecule has 0 aliphatic heterocycles. The third-order valence-corrected chi connectivity index (χ3v) is 2.70. The highest BCUT2D eigenvalue weighted by Crippen LogP contribution is 2.07. The number of hydrogen-bond donors (Lipinski definition) is 2. The van der Waals surface area contributed by atoms with Gasteiger partial charge in [0.1, 0.15) is 0 Å². The molecule has 0 saturated carbocycles. The van der Waals surface area contributed by atoms with Gasteiger partial charge < -0.3 is 10.4 Å². The molecule has 0 aromatic carbocycles. The molecule has 1 atom stereocenters. The van der Waals surface area contributed by atoms with E-state index in [1.807, 2.05) is 26.1 Å². The molecule has 1 aromatic rings. The van der Waals surface area contributed by atoms with Crippen molar-refractivity contribution >= 4 is 5.91 Å². The molecule has 1 heterocycles. The number of aryl methyl sites for hydroxylation is 1. The Labute approximate surface area is 95.5 Å². The number of rotatable bonds is 6. The summed E-state index contributed by atoms with van der Waals surface area (Å²) in [5, 5.41) is 16.0. The van der Waals surface area contributed by atoms with E-state index in [1.165, 1.54) is 0 Å². The Kier molecular flexibility index (Phi) is 4.49. The summed E-state index contributed by atoms with van der Waals surface area (Å²) in [6, 6.07) is 1.82. The number of aromatic nitrogens is 2. The largest absolute Gasteiger partial charge is 0.394 e. The van der Waals surface area contributed by atoms with Crippen LogP contribution in [-0.4, -0.2) is 32.9 Å². The van der Waals surface area contributed by atoms with Gasteiger partial charge in [0.05, 0.1) is 12.1 Å². The molecule has 5 nitrogen and oxygen atoms in total. The lowest BCUT2D eigenvalue weighted by Crippen LogP contribution is -2.48. The molecule has 90 valence electrons. The van der Waals surface area contributed by atoms with Crippen molar-refractivity contribution in [2.45, 2.75) is 38.8 Å². The minimum Gasteiger partial charge on any atom is -0.394 e. The zero-order valence-electron chi connectivity index (χ0n) is 9.81. The van der Waals surface area contributed by atoms with Crippen LogP contribution in [0.5, 0.6) is 0 Å². The molecule has 0 fully saturated rings. The average Bonchev–Trinajstić information content (AvgIpc) is 2.79. The van der Waals surface area contributed by atoms with Crippen LogP contribution in [0.1, 0.15) is 26.7 Å². The highest BCUT2D eigenvalue weighted by Gasteiger charge is 2.22. The first-order valence-electron chi connectivity index (χ1n) is 5.49. The van der Waals surface area contributed by atoms with Gasteiger partial charge >= 0.3 is 0 Å². The van der Waals surface area contributed by atoms with Gasteiger partial charge in [0.25, 0.3) is 0 Å². The molecule has 0 radical (unpaired) electrons. The van der Waals surface area contributed by atoms with Crippen LogP contribution >= 0.6 is 0 Å². The Balaban J connectivity index is 2.36. The molecular formula is C11H19N3O2. The van der Waals surface area contributed by atoms with Crippen molar-refractivity contribution in [1.29, 1.82) is 0 Å². The van der Waals surface area contributed by atoms with Crippen molar-refractivity contribution in [3.05, 3.63) is 18.5 Å². The number of nitrogens with zero attached hydrogens (tertiary/aromatic N) is 2. The molecule has 0 aliphatic rings. The number of aliphatic hydroxyl groups is 1. The minimum atomic E-state index is -0.513. The van der Waals surface area contributed by atoms with E-state index in [0.717, 1.165) is 0 Å². The number of aliphatic hydroxyl groups excluding tert-OH is 1. The van der Waals surface area contributed by atoms with Crippen LogP contribution in [-0.2, 0) is 11.3 Å². The third kappa shape index (κ3) is 3.66. The molecule has 16 heavy (non-hydrogen) atoms. The third-order valence-electron chi connectivity index (χ3n) is 2.70. The summed E-state index contributed by atoms with van der Waals surface area (Å²) in [7, 11) is 0. The summed E-state index contributed by atoms with van der Waals surface area (Å²) in [6.07, 6.45) is 4.58. The Bertz CT molecular complexity index is 318. The van der Waals surface area contributed by atoms with Crippen LogP contribution in [0.4, 0.5) is 0 Å². The van der Waals surface area contributed by atoms with Crippen molar-refractivity contribution in [3.63, 3.8) is 0 Å². The number of nitrogens with one attached hydrogen (secondary N) is 1. The number of carbonyl (C=O) groups is 1. The summed E-state index contributed by atoms with van der Waals surface area (Å²) >= 11 is 0. The summed E-state index contributed by atoms with van der Waals surface area (Å²) < 4.78 is 1.71. The Morgan fingerprint density at radius 2 is 2.38 bits per heavy atom. The maximum Gasteiger partial charge on any atom is 0.222 e. The van der Waals surface area contributed by atoms with Crippen molar-refractivity contribution < 1.29 is 9.90 Å². The van der Waals surface area contributed by atoms with E-state index in [2.05, 4.69) is 10.4 Å². The van der Waals surface area contributed by atoms with E-state index in [-0.39, 0.29) is 12.5 Å². The molecule has 1 aromatic heterocycles. The predicted molar refractivity (Wildman–Crippen MR) is 60.8 cm³/mol. The number of amides is 1. The topological polar surface area (TPSA) is 67.2 Å². The molecule has 2 N–H and O–H groups in total. The molecule has 1 rings (SSSR count). The van der Waals surface area contributed by atoms with Gasteiger partial charge in [0.2, 0.25) is 5.91 Å². The van der Waals surface area contributed by atoms with Crippen molar-refractivity contribution in [2.24, 2.45) is 0 Å². The summed E-state index contributed by atoms with van der Waals surface area (Å²) in [5.74, 6) is -0.0612. The highest BCUT2D eigenvalue weighted by molar-refractivity contribution is 5.76. The normalized spacial score (nSPS) is 14.4. The van der Waals surface area contributed by atoms with E-state index >= 15 is 0 Å². The second-order valence-corrected chi connectivity index (χ2v) is 4.14. The Morgan fingerprint density at radius 1 is 1.62 bits per heavy atom. The smallest absolute Gasteiger partial charge is 0.222 e. The molecule has 1 amide bonds. The van der Waals surface area contributed by atoms with Gasteiger partial charge in [0.15, 0.2) is 0 Å². The highest BCUT2D eigenvalue weighted by atomic mass is 16.3. The van der Waals surface area contributed by atoms with Gasteiger partial charge in [-0.05, 0) is 19.4 Å². The van der Waals surface area contributed by atoms with Gasteiger partial charge in [-0.15, -0.1) is 0 Å². The Morgan fingerprint density at radius 3 is 2.88 bits per heavy atom. The van der Waals surface area contributed by atoms with Crippen LogP contribution in [0.25, 0.3) is 0 Å². The first kappa shape index (κ1) is 12.7. The van der Waals surface area contributed by atoms with E-state index in [9.17, 15) is 4.79 Å². The van der Waals surface area contributed by atoms with Gasteiger partial charge in [-0.2, -0.15) is 5.10 Å². The maximum atomic E-state index is 11.6. The van der Waals surface area contributed by atoms with Gasteiger partial charge in [-0.3, -0.25) is 9.48 Å². The Hall–Kier alpha value is -1.36. The fourth-order valence-electron chi connectivity index (χ4n) is 1.29. The first-order chi connectivity index (χ1) is 7.59. The van der Waals surface area contributed by atoms with Crippen LogP contribution in [0.3, 0.4) is 0 Å². The second-order valence-electron chi connectivity index (χ2n) is 4.14. The predicted octanol–water partition coefficient (Wildman–Crippen LogP) is 0.550. The van der Waals surface area contributed by atoms with Gasteiger partial charge in [-0.1, -0.05) is 6.92 Å². The quantitative estimate of drug-likeness (QED) is 0.743. The zero-order valence-corrected chi connectivity index (χ0v) is 9.81. The average molecular weight is 225 g/mol. The standard InChI is InChI=1S/C11H19N3O2/c1-3-11(2,9-15)13-10(16)5-8-14-7-4-6-12-14/h4,6-7,15H,3,5,8-9H2,1-2H3,(H,13,16). The van der Waals surface area contributed by atoms with E-state index in [0.29, 0.717) is 19.4 Å². The van der Waals surface area contributed by atoms with Crippen molar-refractivity contribution in [2.75, 3.05) is 6.61 Å². The lowest BCUT2D eigenvalue weighted by atomic mass is 10.0. The van der Waals surface area contributed by atoms with Gasteiger partial charge in [0, 0.05) is 25.4 Å². The molecular weight excluding hydrogens is 206 g/mol. The summed E-state index contributed by atoms with van der Waals surface area (Å²) in [5.41, 5.74) is -0.513. The summed E-state index contributed by atoms with van der Waals surface area (Å²) in [4.78, 5) is 11.6. The van der Waals surface area contributed by atoms with Crippen LogP contribution in [0, 0.1) is 0 Å². The number of carbonyl (C=O) groups excluding carboxylic acids is 1. The summed E-state index contributed by atoms with van der Waals surface area (Å²) in [6.45, 7) is 4.28. The molecule has 0 aliphatic carbocycles. The molecule has 0 saturated heterocycles. The monoisotopic (exact) mass is 225 g/mol. The van der Waals surface area contributed by atoms with E-state index in [1.54, 1.807) is 10.9 Å². The fourth-order valence-corrected chi connectivity index (χ4v) is 1.29. The van der Waals surface area contributed by atoms with Crippen LogP contribution < -0.4 is 5.32 Å². The van der Waals surface area contributed by atoms with E-state index in [4.69, 9.17) is 5.11 Å². The van der Waals surface area contributed by atoms with Crippen molar-refractivity contribution in [3.8, 4) is 0 Å². The van der Waals surface area contributed by atoms with E-state index < -0.39 is 5.54 Å². The minimum absolute atomic E-state index is 0.0446. The molecule has 5 heteroatoms. The molecule has 0 spiro atoms. The molecule has 1 unspecified atom stereocenters. The second kappa shape index (κ2) is 5.65. The molecule has 0 bridgehead atoms.